The van der Waals surface area contributed by atoms with Crippen LogP contribution < -0.4 is 4.74 Å². The van der Waals surface area contributed by atoms with E-state index in [1.807, 2.05) is 6.07 Å². The Morgan fingerprint density at radius 1 is 1.62 bits per heavy atom. The molecule has 0 unspecified atom stereocenters. The third-order valence-electron chi connectivity index (χ3n) is 1.63. The van der Waals surface area contributed by atoms with Crippen LogP contribution in [-0.4, -0.2) is 12.2 Å². The van der Waals surface area contributed by atoms with Crippen molar-refractivity contribution >= 4 is 0 Å². The number of rotatable bonds is 2. The topological polar surface area (TPSA) is 53.2 Å². The fourth-order valence-electron chi connectivity index (χ4n) is 1.04. The smallest absolute Gasteiger partial charge is 0.130 e. The number of nitriles is 1. The van der Waals surface area contributed by atoms with E-state index in [4.69, 9.17) is 10.00 Å². The van der Waals surface area contributed by atoms with Crippen LogP contribution in [-0.2, 0) is 6.42 Å². The highest BCUT2D eigenvalue weighted by Gasteiger charge is 2.10. The summed E-state index contributed by atoms with van der Waals surface area (Å²) in [6.45, 7) is 0. The molecular formula is C9H8FNO2. The van der Waals surface area contributed by atoms with Crippen LogP contribution in [0.15, 0.2) is 12.1 Å². The highest BCUT2D eigenvalue weighted by atomic mass is 19.1. The largest absolute Gasteiger partial charge is 0.507 e. The number of aromatic hydroxyl groups is 1. The van der Waals surface area contributed by atoms with Gasteiger partial charge in [0, 0.05) is 12.1 Å². The minimum Gasteiger partial charge on any atom is -0.507 e. The van der Waals surface area contributed by atoms with E-state index < -0.39 is 5.82 Å². The molecule has 1 rings (SSSR count). The highest BCUT2D eigenvalue weighted by molar-refractivity contribution is 5.45. The lowest BCUT2D eigenvalue weighted by molar-refractivity contribution is 0.396. The number of hydrogen-bond donors (Lipinski definition) is 1. The maximum absolute atomic E-state index is 12.7. The zero-order valence-electron chi connectivity index (χ0n) is 7.04. The van der Waals surface area contributed by atoms with E-state index in [-0.39, 0.29) is 17.9 Å². The van der Waals surface area contributed by atoms with Crippen molar-refractivity contribution in [1.82, 2.24) is 0 Å². The van der Waals surface area contributed by atoms with Gasteiger partial charge in [-0.1, -0.05) is 0 Å². The standard InChI is InChI=1S/C9H8FNO2/c1-13-9-5-6(10)4-8(12)7(9)2-3-11/h4-5,12H,2H2,1H3. The Bertz CT molecular complexity index is 357. The summed E-state index contributed by atoms with van der Waals surface area (Å²) in [5.74, 6) is -0.645. The molecule has 0 bridgehead atoms. The summed E-state index contributed by atoms with van der Waals surface area (Å²) in [5.41, 5.74) is 0.311. The Morgan fingerprint density at radius 2 is 2.31 bits per heavy atom. The van der Waals surface area contributed by atoms with Gasteiger partial charge in [-0.25, -0.2) is 4.39 Å². The Morgan fingerprint density at radius 3 is 2.85 bits per heavy atom. The van der Waals surface area contributed by atoms with Gasteiger partial charge >= 0.3 is 0 Å². The molecule has 68 valence electrons. The molecule has 0 aromatic heterocycles. The predicted molar refractivity (Wildman–Crippen MR) is 43.9 cm³/mol. The fourth-order valence-corrected chi connectivity index (χ4v) is 1.04. The number of hydrogen-bond acceptors (Lipinski definition) is 3. The molecule has 1 N–H and O–H groups in total. The lowest BCUT2D eigenvalue weighted by Crippen LogP contribution is -1.93. The monoisotopic (exact) mass is 181 g/mol. The van der Waals surface area contributed by atoms with E-state index in [2.05, 4.69) is 0 Å². The van der Waals surface area contributed by atoms with Crippen LogP contribution in [0.2, 0.25) is 0 Å². The number of phenols is 1. The minimum absolute atomic E-state index is 0.00468. The molecule has 0 aliphatic rings. The minimum atomic E-state index is -0.587. The van der Waals surface area contributed by atoms with Gasteiger partial charge in [0.1, 0.15) is 17.3 Å². The van der Waals surface area contributed by atoms with Gasteiger partial charge in [-0.2, -0.15) is 5.26 Å². The van der Waals surface area contributed by atoms with Crippen LogP contribution in [0, 0.1) is 17.1 Å². The molecule has 0 radical (unpaired) electrons. The molecule has 0 aliphatic carbocycles. The van der Waals surface area contributed by atoms with Crippen molar-refractivity contribution in [2.75, 3.05) is 7.11 Å². The lowest BCUT2D eigenvalue weighted by Gasteiger charge is -2.07. The lowest BCUT2D eigenvalue weighted by atomic mass is 10.1. The van der Waals surface area contributed by atoms with E-state index in [1.54, 1.807) is 0 Å². The van der Waals surface area contributed by atoms with Crippen molar-refractivity contribution in [2.45, 2.75) is 6.42 Å². The summed E-state index contributed by atoms with van der Waals surface area (Å²) in [7, 11) is 1.36. The summed E-state index contributed by atoms with van der Waals surface area (Å²) >= 11 is 0. The quantitative estimate of drug-likeness (QED) is 0.754. The molecule has 0 atom stereocenters. The molecular weight excluding hydrogens is 173 g/mol. The van der Waals surface area contributed by atoms with Gasteiger partial charge in [0.25, 0.3) is 0 Å². The van der Waals surface area contributed by atoms with E-state index in [0.717, 1.165) is 12.1 Å². The van der Waals surface area contributed by atoms with E-state index >= 15 is 0 Å². The van der Waals surface area contributed by atoms with Gasteiger partial charge in [0.15, 0.2) is 0 Å². The van der Waals surface area contributed by atoms with Gasteiger partial charge < -0.3 is 9.84 Å². The van der Waals surface area contributed by atoms with Crippen LogP contribution in [0.25, 0.3) is 0 Å². The molecule has 1 aromatic carbocycles. The normalized spacial score (nSPS) is 9.31. The molecule has 0 aliphatic heterocycles. The van der Waals surface area contributed by atoms with Crippen LogP contribution >= 0.6 is 0 Å². The summed E-state index contributed by atoms with van der Waals surface area (Å²) < 4.78 is 17.5. The second kappa shape index (κ2) is 3.76. The fraction of sp³-hybridized carbons (Fsp3) is 0.222. The van der Waals surface area contributed by atoms with Crippen molar-refractivity contribution in [3.8, 4) is 17.6 Å². The zero-order valence-corrected chi connectivity index (χ0v) is 7.04. The maximum Gasteiger partial charge on any atom is 0.130 e. The summed E-state index contributed by atoms with van der Waals surface area (Å²) in [5, 5.41) is 17.7. The molecule has 0 spiro atoms. The second-order valence-corrected chi connectivity index (χ2v) is 2.44. The molecule has 0 saturated carbocycles. The van der Waals surface area contributed by atoms with Crippen LogP contribution in [0.1, 0.15) is 5.56 Å². The van der Waals surface area contributed by atoms with Gasteiger partial charge in [-0.3, -0.25) is 0 Å². The van der Waals surface area contributed by atoms with Crippen molar-refractivity contribution in [1.29, 1.82) is 5.26 Å². The van der Waals surface area contributed by atoms with Crippen molar-refractivity contribution in [3.05, 3.63) is 23.5 Å². The van der Waals surface area contributed by atoms with Gasteiger partial charge in [0.05, 0.1) is 25.2 Å². The Hall–Kier alpha value is -1.76. The second-order valence-electron chi connectivity index (χ2n) is 2.44. The average Bonchev–Trinajstić information content (AvgIpc) is 2.09. The number of methoxy groups -OCH3 is 1. The first-order valence-corrected chi connectivity index (χ1v) is 3.61. The highest BCUT2D eigenvalue weighted by Crippen LogP contribution is 2.29. The first-order chi connectivity index (χ1) is 6.19. The SMILES string of the molecule is COc1cc(F)cc(O)c1CC#N. The summed E-state index contributed by atoms with van der Waals surface area (Å²) in [6.07, 6.45) is -0.00468. The van der Waals surface area contributed by atoms with Crippen molar-refractivity contribution < 1.29 is 14.2 Å². The maximum atomic E-state index is 12.7. The number of phenolic OH excluding ortho intramolecular Hbond substituents is 1. The number of halogens is 1. The van der Waals surface area contributed by atoms with Gasteiger partial charge in [0.2, 0.25) is 0 Å². The van der Waals surface area contributed by atoms with Crippen LogP contribution in [0.5, 0.6) is 11.5 Å². The van der Waals surface area contributed by atoms with Crippen molar-refractivity contribution in [3.63, 3.8) is 0 Å². The molecule has 0 amide bonds. The summed E-state index contributed by atoms with van der Waals surface area (Å²) in [6, 6.07) is 3.94. The average molecular weight is 181 g/mol. The number of ether oxygens (including phenoxy) is 1. The Kier molecular flexibility index (Phi) is 2.70. The van der Waals surface area contributed by atoms with Crippen LogP contribution in [0.3, 0.4) is 0 Å². The third-order valence-corrected chi connectivity index (χ3v) is 1.63. The summed E-state index contributed by atoms with van der Waals surface area (Å²) in [4.78, 5) is 0. The first kappa shape index (κ1) is 9.33. The van der Waals surface area contributed by atoms with Gasteiger partial charge in [-0.05, 0) is 0 Å². The Labute approximate surface area is 75.0 Å². The molecule has 4 heteroatoms. The molecule has 0 saturated heterocycles. The van der Waals surface area contributed by atoms with E-state index in [1.165, 1.54) is 7.11 Å². The first-order valence-electron chi connectivity index (χ1n) is 3.61. The molecule has 13 heavy (non-hydrogen) atoms. The molecule has 1 aromatic rings. The van der Waals surface area contributed by atoms with Crippen LogP contribution in [0.4, 0.5) is 4.39 Å². The van der Waals surface area contributed by atoms with E-state index in [0.29, 0.717) is 5.56 Å². The molecule has 0 heterocycles. The number of nitrogens with zero attached hydrogens (tertiary/aromatic N) is 1. The van der Waals surface area contributed by atoms with Gasteiger partial charge in [-0.15, -0.1) is 0 Å². The Balaban J connectivity index is 3.23. The third kappa shape index (κ3) is 1.88. The number of benzene rings is 1. The van der Waals surface area contributed by atoms with E-state index in [9.17, 15) is 9.50 Å². The zero-order chi connectivity index (χ0) is 9.84. The molecule has 3 nitrogen and oxygen atoms in total. The van der Waals surface area contributed by atoms with Crippen molar-refractivity contribution in [2.24, 2.45) is 0 Å². The molecule has 0 fully saturated rings. The predicted octanol–water partition coefficient (Wildman–Crippen LogP) is 1.61.